The van der Waals surface area contributed by atoms with Crippen LogP contribution in [0.15, 0.2) is 71.8 Å². The van der Waals surface area contributed by atoms with Gasteiger partial charge in [0.05, 0.1) is 16.4 Å². The molecule has 4 rings (SSSR count). The number of phenols is 2. The van der Waals surface area contributed by atoms with Gasteiger partial charge in [-0.15, -0.1) is 11.3 Å². The second kappa shape index (κ2) is 7.50. The highest BCUT2D eigenvalue weighted by Gasteiger charge is 2.08. The Morgan fingerprint density at radius 2 is 1.79 bits per heavy atom. The third kappa shape index (κ3) is 3.70. The Kier molecular flexibility index (Phi) is 4.74. The molecule has 1 aromatic heterocycles. The molecule has 0 saturated carbocycles. The van der Waals surface area contributed by atoms with E-state index in [-0.39, 0.29) is 17.4 Å². The molecule has 0 unspecified atom stereocenters. The van der Waals surface area contributed by atoms with Gasteiger partial charge in [-0.2, -0.15) is 5.10 Å². The van der Waals surface area contributed by atoms with Crippen molar-refractivity contribution in [3.8, 4) is 22.1 Å². The van der Waals surface area contributed by atoms with Gasteiger partial charge < -0.3 is 10.2 Å². The van der Waals surface area contributed by atoms with Crippen LogP contribution in [0.2, 0.25) is 0 Å². The minimum Gasteiger partial charge on any atom is -0.504 e. The van der Waals surface area contributed by atoms with Crippen molar-refractivity contribution in [3.05, 3.63) is 77.9 Å². The van der Waals surface area contributed by atoms with Gasteiger partial charge in [-0.25, -0.2) is 10.4 Å². The minimum absolute atomic E-state index is 0.214. The normalized spacial score (nSPS) is 11.1. The van der Waals surface area contributed by atoms with Crippen LogP contribution in [0.3, 0.4) is 0 Å². The maximum atomic E-state index is 12.2. The van der Waals surface area contributed by atoms with E-state index in [4.69, 9.17) is 0 Å². The van der Waals surface area contributed by atoms with Crippen LogP contribution in [0.4, 0.5) is 0 Å². The highest BCUT2D eigenvalue weighted by molar-refractivity contribution is 7.21. The molecular weight excluding hydrogens is 374 g/mol. The second-order valence-electron chi connectivity index (χ2n) is 6.01. The minimum atomic E-state index is -0.352. The summed E-state index contributed by atoms with van der Waals surface area (Å²) in [6, 6.07) is 19.4. The summed E-state index contributed by atoms with van der Waals surface area (Å²) in [6.07, 6.45) is 1.38. The number of aromatic nitrogens is 1. The molecule has 28 heavy (non-hydrogen) atoms. The van der Waals surface area contributed by atoms with E-state index in [0.717, 1.165) is 20.8 Å². The average Bonchev–Trinajstić information content (AvgIpc) is 3.15. The predicted octanol–water partition coefficient (Wildman–Crippen LogP) is 4.14. The molecule has 4 aromatic rings. The summed E-state index contributed by atoms with van der Waals surface area (Å²) in [7, 11) is 0. The van der Waals surface area contributed by atoms with Crippen LogP contribution in [0, 0.1) is 0 Å². The molecule has 138 valence electrons. The predicted molar refractivity (Wildman–Crippen MR) is 110 cm³/mol. The van der Waals surface area contributed by atoms with Gasteiger partial charge >= 0.3 is 0 Å². The topological polar surface area (TPSA) is 94.8 Å². The van der Waals surface area contributed by atoms with Gasteiger partial charge in [-0.05, 0) is 48.0 Å². The Bertz CT molecular complexity index is 1150. The Balaban J connectivity index is 1.45. The molecular formula is C21H15N3O3S. The van der Waals surface area contributed by atoms with E-state index in [1.165, 1.54) is 18.3 Å². The van der Waals surface area contributed by atoms with E-state index in [0.29, 0.717) is 11.1 Å². The number of hydrazone groups is 1. The summed E-state index contributed by atoms with van der Waals surface area (Å²) in [4.78, 5) is 16.8. The number of amides is 1. The lowest BCUT2D eigenvalue weighted by Crippen LogP contribution is -2.17. The number of hydrogen-bond acceptors (Lipinski definition) is 6. The molecule has 0 saturated heterocycles. The number of nitrogens with one attached hydrogen (secondary N) is 1. The highest BCUT2D eigenvalue weighted by Crippen LogP contribution is 2.30. The molecule has 0 fully saturated rings. The van der Waals surface area contributed by atoms with Crippen LogP contribution < -0.4 is 5.43 Å². The number of fused-ring (bicyclic) bond motifs is 1. The maximum absolute atomic E-state index is 12.2. The number of thiazole rings is 1. The van der Waals surface area contributed by atoms with Gasteiger partial charge in [0.1, 0.15) is 5.01 Å². The lowest BCUT2D eigenvalue weighted by atomic mass is 10.1. The van der Waals surface area contributed by atoms with Gasteiger partial charge in [0.2, 0.25) is 0 Å². The van der Waals surface area contributed by atoms with Crippen LogP contribution in [0.5, 0.6) is 11.5 Å². The van der Waals surface area contributed by atoms with Crippen molar-refractivity contribution in [2.45, 2.75) is 0 Å². The number of para-hydroxylation sites is 1. The Morgan fingerprint density at radius 3 is 2.54 bits per heavy atom. The van der Waals surface area contributed by atoms with Crippen molar-refractivity contribution >= 4 is 33.7 Å². The van der Waals surface area contributed by atoms with E-state index in [1.807, 2.05) is 36.4 Å². The number of carbonyl (C=O) groups is 1. The van der Waals surface area contributed by atoms with Crippen molar-refractivity contribution in [1.29, 1.82) is 0 Å². The van der Waals surface area contributed by atoms with Gasteiger partial charge in [0.15, 0.2) is 11.5 Å². The number of benzene rings is 3. The smallest absolute Gasteiger partial charge is 0.271 e. The Morgan fingerprint density at radius 1 is 1.00 bits per heavy atom. The van der Waals surface area contributed by atoms with Crippen molar-refractivity contribution in [2.24, 2.45) is 5.10 Å². The van der Waals surface area contributed by atoms with E-state index in [2.05, 4.69) is 15.5 Å². The zero-order valence-corrected chi connectivity index (χ0v) is 15.4. The van der Waals surface area contributed by atoms with Crippen molar-refractivity contribution in [1.82, 2.24) is 10.4 Å². The summed E-state index contributed by atoms with van der Waals surface area (Å²) < 4.78 is 1.12. The first-order chi connectivity index (χ1) is 13.6. The third-order valence-electron chi connectivity index (χ3n) is 4.07. The first-order valence-corrected chi connectivity index (χ1v) is 9.23. The fourth-order valence-corrected chi connectivity index (χ4v) is 3.58. The lowest BCUT2D eigenvalue weighted by molar-refractivity contribution is 0.0955. The molecule has 0 spiro atoms. The number of hydrogen-bond donors (Lipinski definition) is 3. The summed E-state index contributed by atoms with van der Waals surface area (Å²) in [6.45, 7) is 0. The number of rotatable bonds is 4. The monoisotopic (exact) mass is 389 g/mol. The summed E-state index contributed by atoms with van der Waals surface area (Å²) in [5.74, 6) is -0.815. The summed E-state index contributed by atoms with van der Waals surface area (Å²) in [5.41, 5.74) is 5.35. The van der Waals surface area contributed by atoms with Crippen LogP contribution in [-0.4, -0.2) is 27.3 Å². The molecule has 0 atom stereocenters. The number of nitrogens with zero attached hydrogens (tertiary/aromatic N) is 2. The second-order valence-corrected chi connectivity index (χ2v) is 7.04. The molecule has 1 amide bonds. The zero-order chi connectivity index (χ0) is 19.5. The molecule has 3 N–H and O–H groups in total. The average molecular weight is 389 g/mol. The molecule has 0 bridgehead atoms. The maximum Gasteiger partial charge on any atom is 0.271 e. The van der Waals surface area contributed by atoms with Crippen LogP contribution in [-0.2, 0) is 0 Å². The molecule has 0 radical (unpaired) electrons. The van der Waals surface area contributed by atoms with E-state index in [9.17, 15) is 15.0 Å². The van der Waals surface area contributed by atoms with Crippen LogP contribution >= 0.6 is 11.3 Å². The van der Waals surface area contributed by atoms with Crippen molar-refractivity contribution in [2.75, 3.05) is 0 Å². The standard InChI is InChI=1S/C21H15N3O3S/c25-17-10-5-13(11-18(17)26)12-22-24-20(27)14-6-8-15(9-7-14)21-23-16-3-1-2-4-19(16)28-21/h1-12,25-26H,(H,24,27)/b22-12+. The molecule has 7 heteroatoms. The molecule has 0 aliphatic rings. The van der Waals surface area contributed by atoms with Crippen LogP contribution in [0.1, 0.15) is 15.9 Å². The van der Waals surface area contributed by atoms with Gasteiger partial charge in [0, 0.05) is 11.1 Å². The lowest BCUT2D eigenvalue weighted by Gasteiger charge is -2.02. The molecule has 3 aromatic carbocycles. The Labute approximate surface area is 164 Å². The van der Waals surface area contributed by atoms with Gasteiger partial charge in [0.25, 0.3) is 5.91 Å². The van der Waals surface area contributed by atoms with E-state index in [1.54, 1.807) is 29.5 Å². The van der Waals surface area contributed by atoms with E-state index >= 15 is 0 Å². The highest BCUT2D eigenvalue weighted by atomic mass is 32.1. The summed E-state index contributed by atoms with van der Waals surface area (Å²) in [5, 5.41) is 23.5. The largest absolute Gasteiger partial charge is 0.504 e. The molecule has 1 heterocycles. The fraction of sp³-hybridized carbons (Fsp3) is 0. The number of aromatic hydroxyl groups is 2. The fourth-order valence-electron chi connectivity index (χ4n) is 2.61. The summed E-state index contributed by atoms with van der Waals surface area (Å²) >= 11 is 1.60. The first kappa shape index (κ1) is 17.7. The molecule has 0 aliphatic heterocycles. The van der Waals surface area contributed by atoms with E-state index < -0.39 is 0 Å². The third-order valence-corrected chi connectivity index (χ3v) is 5.15. The molecule has 6 nitrogen and oxygen atoms in total. The quantitative estimate of drug-likeness (QED) is 0.278. The Hall–Kier alpha value is -3.71. The van der Waals surface area contributed by atoms with Crippen LogP contribution in [0.25, 0.3) is 20.8 Å². The van der Waals surface area contributed by atoms with Crippen molar-refractivity contribution in [3.63, 3.8) is 0 Å². The first-order valence-electron chi connectivity index (χ1n) is 8.41. The SMILES string of the molecule is O=C(N/N=C/c1ccc(O)c(O)c1)c1ccc(-c2nc3ccccc3s2)cc1. The van der Waals surface area contributed by atoms with Gasteiger partial charge in [-0.1, -0.05) is 24.3 Å². The zero-order valence-electron chi connectivity index (χ0n) is 14.5. The molecule has 0 aliphatic carbocycles. The number of phenolic OH excluding ortho intramolecular Hbond substituents is 2. The van der Waals surface area contributed by atoms with Crippen molar-refractivity contribution < 1.29 is 15.0 Å². The number of carbonyl (C=O) groups excluding carboxylic acids is 1. The van der Waals surface area contributed by atoms with Gasteiger partial charge in [-0.3, -0.25) is 4.79 Å².